The molecule has 40 heavy (non-hydrogen) atoms. The van der Waals surface area contributed by atoms with Crippen LogP contribution in [-0.4, -0.2) is 59.6 Å². The first-order valence-electron chi connectivity index (χ1n) is 12.7. The molecule has 1 amide bonds. The van der Waals surface area contributed by atoms with Crippen molar-refractivity contribution in [3.8, 4) is 28.7 Å². The molecule has 3 aromatic rings. The summed E-state index contributed by atoms with van der Waals surface area (Å²) in [6.45, 7) is 1.87. The van der Waals surface area contributed by atoms with Crippen molar-refractivity contribution in [2.24, 2.45) is 0 Å². The largest absolute Gasteiger partial charge is 0.493 e. The third-order valence-electron chi connectivity index (χ3n) is 6.43. The minimum Gasteiger partial charge on any atom is -0.493 e. The Bertz CT molecular complexity index is 1300. The monoisotopic (exact) mass is 551 g/mol. The molecule has 4 rings (SSSR count). The average molecular weight is 552 g/mol. The second-order valence-corrected chi connectivity index (χ2v) is 8.76. The molecule has 212 valence electrons. The lowest BCUT2D eigenvalue weighted by atomic mass is 9.89. The molecule has 1 saturated heterocycles. The van der Waals surface area contributed by atoms with Crippen LogP contribution in [0.25, 0.3) is 0 Å². The Hall–Kier alpha value is -4.44. The van der Waals surface area contributed by atoms with Gasteiger partial charge in [-0.05, 0) is 30.2 Å². The maximum atomic E-state index is 13.5. The van der Waals surface area contributed by atoms with Gasteiger partial charge in [-0.3, -0.25) is 9.69 Å². The van der Waals surface area contributed by atoms with Gasteiger partial charge in [-0.1, -0.05) is 36.4 Å². The molecular weight excluding hydrogens is 518 g/mol. The topological polar surface area (TPSA) is 102 Å². The van der Waals surface area contributed by atoms with E-state index in [1.165, 1.54) is 21.3 Å². The molecule has 0 N–H and O–H groups in total. The molecule has 3 aromatic carbocycles. The van der Waals surface area contributed by atoms with E-state index in [9.17, 15) is 9.59 Å². The number of amides is 1. The van der Waals surface area contributed by atoms with Gasteiger partial charge in [0.05, 0.1) is 46.8 Å². The predicted octanol–water partition coefficient (Wildman–Crippen LogP) is 4.34. The highest BCUT2D eigenvalue weighted by molar-refractivity contribution is 6.05. The number of hydrogen-bond acceptors (Lipinski definition) is 9. The van der Waals surface area contributed by atoms with Gasteiger partial charge in [0.25, 0.3) is 5.91 Å². The van der Waals surface area contributed by atoms with Crippen LogP contribution in [0.5, 0.6) is 28.7 Å². The summed E-state index contributed by atoms with van der Waals surface area (Å²) in [5.41, 5.74) is 2.21. The molecule has 0 saturated carbocycles. The summed E-state index contributed by atoms with van der Waals surface area (Å²) in [5, 5.41) is 0. The number of benzene rings is 3. The van der Waals surface area contributed by atoms with Gasteiger partial charge in [-0.25, -0.2) is 4.79 Å². The molecule has 1 aliphatic heterocycles. The van der Waals surface area contributed by atoms with E-state index < -0.39 is 18.1 Å². The molecule has 0 unspecified atom stereocenters. The van der Waals surface area contributed by atoms with Gasteiger partial charge >= 0.3 is 5.97 Å². The number of β-lactam (4-membered cyclic amide) rings is 1. The Balaban J connectivity index is 1.71. The standard InChI is InChI=1S/C30H33NO9/c1-6-38-26(32)18-40-29-27(31(30(29)33)21-15-24(35-3)28(37-5)25(16-21)36-4)20-12-13-22(34-2)23(14-20)39-17-19-10-8-7-9-11-19/h7-16,27,29H,6,17-18H2,1-5H3/t27-,29+/m0/s1. The van der Waals surface area contributed by atoms with Gasteiger partial charge in [-0.2, -0.15) is 0 Å². The molecule has 0 aliphatic carbocycles. The highest BCUT2D eigenvalue weighted by Crippen LogP contribution is 2.48. The summed E-state index contributed by atoms with van der Waals surface area (Å²) in [4.78, 5) is 27.1. The number of rotatable bonds is 13. The van der Waals surface area contributed by atoms with E-state index in [-0.39, 0.29) is 19.1 Å². The first-order chi connectivity index (χ1) is 19.4. The van der Waals surface area contributed by atoms with Crippen LogP contribution in [-0.2, 0) is 25.7 Å². The van der Waals surface area contributed by atoms with Crippen LogP contribution in [0, 0.1) is 0 Å². The van der Waals surface area contributed by atoms with Crippen LogP contribution in [0.2, 0.25) is 0 Å². The Morgan fingerprint density at radius 1 is 0.825 bits per heavy atom. The number of ether oxygens (including phenoxy) is 7. The predicted molar refractivity (Wildman–Crippen MR) is 146 cm³/mol. The number of hydrogen-bond donors (Lipinski definition) is 0. The molecule has 0 bridgehead atoms. The summed E-state index contributed by atoms with van der Waals surface area (Å²) >= 11 is 0. The lowest BCUT2D eigenvalue weighted by Crippen LogP contribution is -2.60. The van der Waals surface area contributed by atoms with E-state index >= 15 is 0 Å². The highest BCUT2D eigenvalue weighted by atomic mass is 16.6. The van der Waals surface area contributed by atoms with Crippen molar-refractivity contribution in [1.29, 1.82) is 0 Å². The van der Waals surface area contributed by atoms with Gasteiger partial charge in [0.2, 0.25) is 5.75 Å². The lowest BCUT2D eigenvalue weighted by Gasteiger charge is -2.46. The Kier molecular flexibility index (Phi) is 9.34. The second kappa shape index (κ2) is 13.1. The van der Waals surface area contributed by atoms with Crippen molar-refractivity contribution in [3.63, 3.8) is 0 Å². The van der Waals surface area contributed by atoms with E-state index in [1.54, 1.807) is 37.1 Å². The minimum absolute atomic E-state index is 0.211. The van der Waals surface area contributed by atoms with E-state index in [1.807, 2.05) is 42.5 Å². The highest BCUT2D eigenvalue weighted by Gasteiger charge is 2.51. The number of nitrogens with zero attached hydrogens (tertiary/aromatic N) is 1. The molecular formula is C30H33NO9. The third-order valence-corrected chi connectivity index (χ3v) is 6.43. The van der Waals surface area contributed by atoms with Crippen molar-refractivity contribution in [2.45, 2.75) is 25.7 Å². The van der Waals surface area contributed by atoms with Gasteiger partial charge < -0.3 is 33.2 Å². The summed E-state index contributed by atoms with van der Waals surface area (Å²) < 4.78 is 38.8. The van der Waals surface area contributed by atoms with Crippen LogP contribution < -0.4 is 28.6 Å². The average Bonchev–Trinajstić information content (AvgIpc) is 2.98. The van der Waals surface area contributed by atoms with Crippen molar-refractivity contribution in [3.05, 3.63) is 71.8 Å². The summed E-state index contributed by atoms with van der Waals surface area (Å²) in [6.07, 6.45) is -0.945. The lowest BCUT2D eigenvalue weighted by molar-refractivity contribution is -0.157. The van der Waals surface area contributed by atoms with Crippen molar-refractivity contribution in [1.82, 2.24) is 0 Å². The van der Waals surface area contributed by atoms with Crippen LogP contribution >= 0.6 is 0 Å². The number of esters is 1. The Labute approximate surface area is 233 Å². The van der Waals surface area contributed by atoms with Gasteiger partial charge in [0.15, 0.2) is 29.1 Å². The zero-order valence-electron chi connectivity index (χ0n) is 23.2. The maximum absolute atomic E-state index is 13.5. The second-order valence-electron chi connectivity index (χ2n) is 8.76. The summed E-state index contributed by atoms with van der Waals surface area (Å²) in [7, 11) is 6.07. The Morgan fingerprint density at radius 3 is 2.10 bits per heavy atom. The number of carbonyl (C=O) groups is 2. The fraction of sp³-hybridized carbons (Fsp3) is 0.333. The zero-order valence-corrected chi connectivity index (χ0v) is 23.2. The number of carbonyl (C=O) groups excluding carboxylic acids is 2. The Morgan fingerprint density at radius 2 is 1.50 bits per heavy atom. The van der Waals surface area contributed by atoms with Crippen LogP contribution in [0.15, 0.2) is 60.7 Å². The van der Waals surface area contributed by atoms with Gasteiger partial charge in [-0.15, -0.1) is 0 Å². The normalized spacial score (nSPS) is 16.1. The van der Waals surface area contributed by atoms with E-state index in [4.69, 9.17) is 33.2 Å². The molecule has 1 heterocycles. The van der Waals surface area contributed by atoms with Crippen molar-refractivity contribution < 1.29 is 42.7 Å². The number of methoxy groups -OCH3 is 4. The molecule has 0 radical (unpaired) electrons. The molecule has 1 aliphatic rings. The third kappa shape index (κ3) is 5.91. The first-order valence-corrected chi connectivity index (χ1v) is 12.7. The van der Waals surface area contributed by atoms with Crippen LogP contribution in [0.4, 0.5) is 5.69 Å². The smallest absolute Gasteiger partial charge is 0.332 e. The van der Waals surface area contributed by atoms with E-state index in [0.29, 0.717) is 46.6 Å². The van der Waals surface area contributed by atoms with E-state index in [2.05, 4.69) is 0 Å². The van der Waals surface area contributed by atoms with Crippen LogP contribution in [0.1, 0.15) is 24.1 Å². The van der Waals surface area contributed by atoms with Gasteiger partial charge in [0, 0.05) is 12.1 Å². The first kappa shape index (κ1) is 28.6. The maximum Gasteiger partial charge on any atom is 0.332 e. The fourth-order valence-corrected chi connectivity index (χ4v) is 4.53. The number of anilines is 1. The molecule has 0 aromatic heterocycles. The van der Waals surface area contributed by atoms with Crippen molar-refractivity contribution >= 4 is 17.6 Å². The van der Waals surface area contributed by atoms with Crippen molar-refractivity contribution in [2.75, 3.05) is 46.6 Å². The van der Waals surface area contributed by atoms with Crippen LogP contribution in [0.3, 0.4) is 0 Å². The molecule has 2 atom stereocenters. The molecule has 10 heteroatoms. The fourth-order valence-electron chi connectivity index (χ4n) is 4.53. The molecule has 0 spiro atoms. The SMILES string of the molecule is CCOC(=O)CO[C@H]1C(=O)N(c2cc(OC)c(OC)c(OC)c2)[C@H]1c1ccc(OC)c(OCc2ccccc2)c1. The summed E-state index contributed by atoms with van der Waals surface area (Å²) in [6, 6.07) is 17.9. The zero-order chi connectivity index (χ0) is 28.6. The minimum atomic E-state index is -0.945. The van der Waals surface area contributed by atoms with Gasteiger partial charge in [0.1, 0.15) is 13.2 Å². The molecule has 1 fully saturated rings. The molecule has 10 nitrogen and oxygen atoms in total. The summed E-state index contributed by atoms with van der Waals surface area (Å²) in [5.74, 6) is 1.31. The van der Waals surface area contributed by atoms with E-state index in [0.717, 1.165) is 5.56 Å². The quantitative estimate of drug-likeness (QED) is 0.227.